The molecule has 0 rings (SSSR count). The molecule has 3 unspecified atom stereocenters. The summed E-state index contributed by atoms with van der Waals surface area (Å²) in [6.07, 6.45) is 80.7. The minimum Gasteiger partial charge on any atom is -0.756 e. The zero-order chi connectivity index (χ0) is 58.6. The van der Waals surface area contributed by atoms with Gasteiger partial charge in [-0.25, -0.2) is 0 Å². The van der Waals surface area contributed by atoms with Crippen molar-refractivity contribution in [3.8, 4) is 0 Å². The molecule has 0 aliphatic carbocycles. The Labute approximate surface area is 493 Å². The smallest absolute Gasteiger partial charge is 0.306 e. The average molecular weight is 1140 g/mol. The van der Waals surface area contributed by atoms with Crippen molar-refractivity contribution in [2.24, 2.45) is 0 Å². The van der Waals surface area contributed by atoms with Gasteiger partial charge in [0.25, 0.3) is 7.82 Å². The summed E-state index contributed by atoms with van der Waals surface area (Å²) >= 11 is 0. The van der Waals surface area contributed by atoms with Crippen molar-refractivity contribution in [3.05, 3.63) is 109 Å². The van der Waals surface area contributed by atoms with Crippen LogP contribution in [0.2, 0.25) is 0 Å². The highest BCUT2D eigenvalue weighted by Gasteiger charge is 2.27. The molecule has 0 saturated carbocycles. The second-order valence-corrected chi connectivity index (χ2v) is 24.3. The summed E-state index contributed by atoms with van der Waals surface area (Å²) in [5.74, 6) is -0.617. The van der Waals surface area contributed by atoms with Crippen LogP contribution in [0.15, 0.2) is 109 Å². The summed E-state index contributed by atoms with van der Waals surface area (Å²) in [6, 6.07) is -0.926. The fourth-order valence-corrected chi connectivity index (χ4v) is 9.57. The fraction of sp³-hybridized carbons (Fsp3) is 0.714. The lowest BCUT2D eigenvalue weighted by Gasteiger charge is -2.30. The summed E-state index contributed by atoms with van der Waals surface area (Å²) in [5.41, 5.74) is 0. The van der Waals surface area contributed by atoms with Crippen LogP contribution in [0.5, 0.6) is 0 Å². The van der Waals surface area contributed by atoms with E-state index in [2.05, 4.69) is 123 Å². The lowest BCUT2D eigenvalue weighted by atomic mass is 10.0. The summed E-state index contributed by atoms with van der Waals surface area (Å²) in [4.78, 5) is 40.0. The lowest BCUT2D eigenvalue weighted by molar-refractivity contribution is -0.870. The molecule has 1 amide bonds. The first kappa shape index (κ1) is 76.7. The van der Waals surface area contributed by atoms with Gasteiger partial charge < -0.3 is 28.5 Å². The number of phosphoric ester groups is 1. The van der Waals surface area contributed by atoms with Crippen LogP contribution in [0.4, 0.5) is 0 Å². The van der Waals surface area contributed by atoms with Crippen LogP contribution in [0, 0.1) is 0 Å². The zero-order valence-electron chi connectivity index (χ0n) is 52.5. The second kappa shape index (κ2) is 58.9. The lowest BCUT2D eigenvalue weighted by Crippen LogP contribution is -2.47. The van der Waals surface area contributed by atoms with Crippen LogP contribution in [-0.4, -0.2) is 69.4 Å². The van der Waals surface area contributed by atoms with Crippen LogP contribution in [0.25, 0.3) is 0 Å². The van der Waals surface area contributed by atoms with Crippen LogP contribution in [0.3, 0.4) is 0 Å². The number of likely N-dealkylation sites (N-methyl/N-ethyl adjacent to an activating group) is 1. The Morgan fingerprint density at radius 1 is 0.438 bits per heavy atom. The second-order valence-electron chi connectivity index (χ2n) is 22.9. The van der Waals surface area contributed by atoms with Crippen LogP contribution in [-0.2, 0) is 27.9 Å². The summed E-state index contributed by atoms with van der Waals surface area (Å²) < 4.78 is 30.3. The molecule has 9 nitrogen and oxygen atoms in total. The van der Waals surface area contributed by atoms with Crippen molar-refractivity contribution in [2.45, 2.75) is 283 Å². The molecule has 3 atom stereocenters. The largest absolute Gasteiger partial charge is 0.756 e. The standard InChI is InChI=1S/C70H123N2O7P/c1-7-10-13-16-19-22-25-28-30-32-33-34-35-36-37-38-39-41-43-45-48-51-54-57-60-63-70(74)79-68(61-58-55-52-49-46-27-24-21-18-15-12-9-3)67(66-78-80(75,76)77-65-64-72(4,5)6)71-69(73)62-59-56-53-50-47-44-42-40-31-29-26-23-20-17-14-11-8-2/h19-20,22-23,28-31,33-34,36-37,42,44,50,53,58,61,67-68H,7-18,21,24-27,32,35,38-41,43,45-49,51-52,54-57,59-60,62-66H2,1-6H3,(H-,71,73,75,76)/b22-19-,23-20-,30-28-,31-29-,34-33-,37-36-,44-42-,53-50-,61-58-. The van der Waals surface area contributed by atoms with Gasteiger partial charge in [-0.2, -0.15) is 0 Å². The predicted molar refractivity (Wildman–Crippen MR) is 344 cm³/mol. The Hall–Kier alpha value is -3.33. The molecule has 0 aromatic rings. The third-order valence-electron chi connectivity index (χ3n) is 13.9. The van der Waals surface area contributed by atoms with E-state index in [1.54, 1.807) is 0 Å². The number of phosphoric acid groups is 1. The molecule has 0 aliphatic heterocycles. The maximum atomic E-state index is 13.5. The molecule has 80 heavy (non-hydrogen) atoms. The van der Waals surface area contributed by atoms with Crippen molar-refractivity contribution in [1.29, 1.82) is 0 Å². The van der Waals surface area contributed by atoms with Gasteiger partial charge in [0.2, 0.25) is 5.91 Å². The third kappa shape index (κ3) is 59.3. The first-order chi connectivity index (χ1) is 38.9. The average Bonchev–Trinajstić information content (AvgIpc) is 3.42. The fourth-order valence-electron chi connectivity index (χ4n) is 8.85. The summed E-state index contributed by atoms with van der Waals surface area (Å²) in [5, 5.41) is 2.99. The number of esters is 1. The van der Waals surface area contributed by atoms with Crippen molar-refractivity contribution >= 4 is 19.7 Å². The van der Waals surface area contributed by atoms with E-state index >= 15 is 0 Å². The normalized spacial score (nSPS) is 14.3. The maximum Gasteiger partial charge on any atom is 0.306 e. The van der Waals surface area contributed by atoms with Gasteiger partial charge in [-0.1, -0.05) is 252 Å². The van der Waals surface area contributed by atoms with Gasteiger partial charge in [0, 0.05) is 12.8 Å². The minimum absolute atomic E-state index is 0.0384. The van der Waals surface area contributed by atoms with Gasteiger partial charge in [0.15, 0.2) is 0 Å². The molecule has 460 valence electrons. The quantitative estimate of drug-likeness (QED) is 0.0212. The highest BCUT2D eigenvalue weighted by atomic mass is 31.2. The van der Waals surface area contributed by atoms with Crippen molar-refractivity contribution in [3.63, 3.8) is 0 Å². The first-order valence-corrected chi connectivity index (χ1v) is 34.2. The molecule has 0 heterocycles. The van der Waals surface area contributed by atoms with E-state index in [1.165, 1.54) is 135 Å². The number of nitrogens with one attached hydrogen (secondary N) is 1. The number of allylic oxidation sites excluding steroid dienone is 17. The number of unbranched alkanes of at least 4 members (excludes halogenated alkanes) is 26. The van der Waals surface area contributed by atoms with Crippen LogP contribution < -0.4 is 10.2 Å². The molecular weight excluding hydrogens is 1010 g/mol. The maximum absolute atomic E-state index is 13.5. The predicted octanol–water partition coefficient (Wildman–Crippen LogP) is 19.9. The molecule has 0 saturated heterocycles. The topological polar surface area (TPSA) is 114 Å². The van der Waals surface area contributed by atoms with E-state index in [0.29, 0.717) is 23.9 Å². The molecule has 10 heteroatoms. The van der Waals surface area contributed by atoms with Crippen LogP contribution in [0.1, 0.15) is 271 Å². The Bertz CT molecular complexity index is 1740. The molecule has 0 aromatic carbocycles. The van der Waals surface area contributed by atoms with Gasteiger partial charge in [-0.15, -0.1) is 0 Å². The zero-order valence-corrected chi connectivity index (χ0v) is 53.4. The van der Waals surface area contributed by atoms with Crippen molar-refractivity contribution < 1.29 is 37.3 Å². The number of amides is 1. The SMILES string of the molecule is CCCCC/C=C\C/C=C\C/C=C\C/C=C\CCCCCCCCCCCC(=O)OC(/C=C\CCCCCCCCCCCC)C(COP(=O)([O-])OCC[N+](C)(C)C)NC(=O)CCC/C=C\C/C=C\C/C=C\C/C=C\CCCCC. The van der Waals surface area contributed by atoms with E-state index < -0.39 is 26.6 Å². The number of carbonyl (C=O) groups excluding carboxylic acids is 2. The molecule has 1 N–H and O–H groups in total. The number of rotatable bonds is 58. The number of nitrogens with zero attached hydrogens (tertiary/aromatic N) is 1. The van der Waals surface area contributed by atoms with Gasteiger partial charge >= 0.3 is 5.97 Å². The van der Waals surface area contributed by atoms with Gasteiger partial charge in [-0.05, 0) is 115 Å². The number of hydrogen-bond donors (Lipinski definition) is 1. The number of ether oxygens (including phenoxy) is 1. The van der Waals surface area contributed by atoms with Crippen molar-refractivity contribution in [2.75, 3.05) is 40.9 Å². The number of hydrogen-bond acceptors (Lipinski definition) is 7. The highest BCUT2D eigenvalue weighted by Crippen LogP contribution is 2.38. The van der Waals surface area contributed by atoms with E-state index in [-0.39, 0.29) is 31.3 Å². The Balaban J connectivity index is 5.24. The molecule has 0 radical (unpaired) electrons. The van der Waals surface area contributed by atoms with Gasteiger partial charge in [-0.3, -0.25) is 14.2 Å². The Kier molecular flexibility index (Phi) is 56.4. The van der Waals surface area contributed by atoms with Gasteiger partial charge in [0.05, 0.1) is 33.8 Å². The minimum atomic E-state index is -4.72. The number of quaternary nitrogens is 1. The highest BCUT2D eigenvalue weighted by molar-refractivity contribution is 7.45. The van der Waals surface area contributed by atoms with Crippen molar-refractivity contribution in [1.82, 2.24) is 5.32 Å². The molecule has 0 fully saturated rings. The van der Waals surface area contributed by atoms with Gasteiger partial charge in [0.1, 0.15) is 19.3 Å². The summed E-state index contributed by atoms with van der Waals surface area (Å²) in [6.45, 7) is 6.73. The number of carbonyl (C=O) groups is 2. The molecule has 0 aliphatic rings. The van der Waals surface area contributed by atoms with E-state index in [0.717, 1.165) is 89.9 Å². The Morgan fingerprint density at radius 3 is 1.19 bits per heavy atom. The molecule has 0 bridgehead atoms. The Morgan fingerprint density at radius 2 is 0.775 bits per heavy atom. The third-order valence-corrected chi connectivity index (χ3v) is 14.9. The molecular formula is C70H123N2O7P. The first-order valence-electron chi connectivity index (χ1n) is 32.7. The van der Waals surface area contributed by atoms with E-state index in [4.69, 9.17) is 13.8 Å². The summed E-state index contributed by atoms with van der Waals surface area (Å²) in [7, 11) is 1.14. The van der Waals surface area contributed by atoms with Crippen LogP contribution >= 0.6 is 7.82 Å². The molecule has 0 aromatic heterocycles. The monoisotopic (exact) mass is 1130 g/mol. The molecule has 0 spiro atoms. The van der Waals surface area contributed by atoms with E-state index in [9.17, 15) is 19.0 Å². The van der Waals surface area contributed by atoms with E-state index in [1.807, 2.05) is 33.3 Å².